The number of fused-ring (bicyclic) bond motifs is 1. The number of anilines is 2. The summed E-state index contributed by atoms with van der Waals surface area (Å²) >= 11 is 1.30. The monoisotopic (exact) mass is 456 g/mol. The first-order valence-corrected chi connectivity index (χ1v) is 12.2. The van der Waals surface area contributed by atoms with E-state index in [2.05, 4.69) is 5.32 Å². The number of amides is 1. The number of nitrogens with zero attached hydrogens (tertiary/aromatic N) is 1. The molecular weight excluding hydrogens is 435 g/mol. The molecule has 0 radical (unpaired) electrons. The summed E-state index contributed by atoms with van der Waals surface area (Å²) in [6.45, 7) is 0.391. The van der Waals surface area contributed by atoms with E-state index in [0.29, 0.717) is 17.9 Å². The van der Waals surface area contributed by atoms with Crippen molar-refractivity contribution in [2.45, 2.75) is 22.6 Å². The average Bonchev–Trinajstić information content (AvgIpc) is 2.79. The summed E-state index contributed by atoms with van der Waals surface area (Å²) in [5.41, 5.74) is 2.07. The molecule has 1 aliphatic heterocycles. The van der Waals surface area contributed by atoms with Gasteiger partial charge in [-0.25, -0.2) is 12.8 Å². The summed E-state index contributed by atoms with van der Waals surface area (Å²) in [6, 6.07) is 19.7. The van der Waals surface area contributed by atoms with Gasteiger partial charge in [-0.2, -0.15) is 0 Å². The lowest BCUT2D eigenvalue weighted by molar-refractivity contribution is -0.113. The number of thioether (sulfide) groups is 1. The van der Waals surface area contributed by atoms with Crippen molar-refractivity contribution in [3.8, 4) is 0 Å². The van der Waals surface area contributed by atoms with Crippen molar-refractivity contribution in [3.63, 3.8) is 0 Å². The van der Waals surface area contributed by atoms with Crippen LogP contribution in [0.4, 0.5) is 15.8 Å². The number of carbonyl (C=O) groups excluding carboxylic acids is 1. The molecule has 4 rings (SSSR count). The lowest BCUT2D eigenvalue weighted by atomic mass is 10.0. The van der Waals surface area contributed by atoms with E-state index in [4.69, 9.17) is 0 Å². The van der Waals surface area contributed by atoms with Gasteiger partial charge in [0.05, 0.1) is 16.3 Å². The fourth-order valence-electron chi connectivity index (χ4n) is 3.46. The SMILES string of the molecule is O=C(CSc1ccc(F)cc1)Nc1ccc2c(c1)N(S(=O)(=O)c1ccccc1)CCC2. The summed E-state index contributed by atoms with van der Waals surface area (Å²) in [6.07, 6.45) is 1.52. The van der Waals surface area contributed by atoms with Crippen LogP contribution in [-0.4, -0.2) is 26.6 Å². The first-order chi connectivity index (χ1) is 14.9. The molecule has 1 aliphatic rings. The van der Waals surface area contributed by atoms with Gasteiger partial charge in [0.2, 0.25) is 5.91 Å². The Morgan fingerprint density at radius 3 is 2.52 bits per heavy atom. The van der Waals surface area contributed by atoms with Gasteiger partial charge in [-0.15, -0.1) is 11.8 Å². The molecule has 0 aromatic heterocycles. The molecule has 1 amide bonds. The highest BCUT2D eigenvalue weighted by Crippen LogP contribution is 2.34. The van der Waals surface area contributed by atoms with Gasteiger partial charge in [0, 0.05) is 17.1 Å². The fraction of sp³-hybridized carbons (Fsp3) is 0.174. The number of halogens is 1. The molecule has 1 heterocycles. The third-order valence-corrected chi connectivity index (χ3v) is 7.80. The van der Waals surface area contributed by atoms with Crippen molar-refractivity contribution in [1.82, 2.24) is 0 Å². The van der Waals surface area contributed by atoms with Gasteiger partial charge in [0.25, 0.3) is 10.0 Å². The second-order valence-electron chi connectivity index (χ2n) is 7.13. The molecule has 0 saturated carbocycles. The van der Waals surface area contributed by atoms with Gasteiger partial charge >= 0.3 is 0 Å². The van der Waals surface area contributed by atoms with Crippen LogP contribution in [0.15, 0.2) is 82.6 Å². The fourth-order valence-corrected chi connectivity index (χ4v) is 5.72. The zero-order valence-corrected chi connectivity index (χ0v) is 18.3. The maximum atomic E-state index is 13.2. The maximum absolute atomic E-state index is 13.2. The van der Waals surface area contributed by atoms with Crippen LogP contribution >= 0.6 is 11.8 Å². The van der Waals surface area contributed by atoms with E-state index in [1.54, 1.807) is 54.6 Å². The standard InChI is InChI=1S/C23H21FN2O3S2/c24-18-9-12-20(13-10-18)30-16-23(27)25-19-11-8-17-5-4-14-26(22(17)15-19)31(28,29)21-6-2-1-3-7-21/h1-3,6-13,15H,4-5,14,16H2,(H,25,27). The predicted molar refractivity (Wildman–Crippen MR) is 121 cm³/mol. The van der Waals surface area contributed by atoms with Gasteiger partial charge in [0.1, 0.15) is 5.82 Å². The molecular formula is C23H21FN2O3S2. The summed E-state index contributed by atoms with van der Waals surface area (Å²) in [7, 11) is -3.68. The number of benzene rings is 3. The third-order valence-electron chi connectivity index (χ3n) is 4.96. The molecule has 31 heavy (non-hydrogen) atoms. The van der Waals surface area contributed by atoms with Crippen LogP contribution in [0.3, 0.4) is 0 Å². The van der Waals surface area contributed by atoms with E-state index in [1.807, 2.05) is 6.07 Å². The lowest BCUT2D eigenvalue weighted by Gasteiger charge is -2.31. The van der Waals surface area contributed by atoms with Crippen molar-refractivity contribution < 1.29 is 17.6 Å². The van der Waals surface area contributed by atoms with Gasteiger partial charge in [-0.3, -0.25) is 9.10 Å². The van der Waals surface area contributed by atoms with Crippen molar-refractivity contribution in [2.75, 3.05) is 21.9 Å². The highest BCUT2D eigenvalue weighted by molar-refractivity contribution is 8.00. The van der Waals surface area contributed by atoms with E-state index in [-0.39, 0.29) is 22.4 Å². The molecule has 0 bridgehead atoms. The highest BCUT2D eigenvalue weighted by Gasteiger charge is 2.29. The van der Waals surface area contributed by atoms with E-state index >= 15 is 0 Å². The molecule has 160 valence electrons. The predicted octanol–water partition coefficient (Wildman–Crippen LogP) is 4.70. The molecule has 0 saturated heterocycles. The van der Waals surface area contributed by atoms with Gasteiger partial charge in [-0.1, -0.05) is 24.3 Å². The number of nitrogens with one attached hydrogen (secondary N) is 1. The number of hydrogen-bond donors (Lipinski definition) is 1. The number of aryl methyl sites for hydroxylation is 1. The van der Waals surface area contributed by atoms with E-state index in [1.165, 1.54) is 28.2 Å². The lowest BCUT2D eigenvalue weighted by Crippen LogP contribution is -2.35. The second-order valence-corrected chi connectivity index (χ2v) is 10.0. The van der Waals surface area contributed by atoms with Crippen LogP contribution in [-0.2, 0) is 21.2 Å². The van der Waals surface area contributed by atoms with Crippen LogP contribution in [0.25, 0.3) is 0 Å². The van der Waals surface area contributed by atoms with Crippen LogP contribution in [0.5, 0.6) is 0 Å². The van der Waals surface area contributed by atoms with E-state index in [0.717, 1.165) is 23.3 Å². The van der Waals surface area contributed by atoms with Crippen molar-refractivity contribution >= 4 is 39.1 Å². The highest BCUT2D eigenvalue weighted by atomic mass is 32.2. The van der Waals surface area contributed by atoms with Gasteiger partial charge < -0.3 is 5.32 Å². The summed E-state index contributed by atoms with van der Waals surface area (Å²) in [4.78, 5) is 13.4. The molecule has 0 unspecified atom stereocenters. The molecule has 1 N–H and O–H groups in total. The molecule has 0 atom stereocenters. The summed E-state index contributed by atoms with van der Waals surface area (Å²) in [5, 5.41) is 2.83. The minimum absolute atomic E-state index is 0.161. The van der Waals surface area contributed by atoms with Gasteiger partial charge in [-0.05, 0) is 66.9 Å². The Hall–Kier alpha value is -2.84. The Kier molecular flexibility index (Phi) is 6.29. The van der Waals surface area contributed by atoms with Gasteiger partial charge in [0.15, 0.2) is 0 Å². The molecule has 5 nitrogen and oxygen atoms in total. The van der Waals surface area contributed by atoms with Crippen molar-refractivity contribution in [3.05, 3.63) is 84.2 Å². The smallest absolute Gasteiger partial charge is 0.264 e. The number of carbonyl (C=O) groups is 1. The van der Waals surface area contributed by atoms with E-state index in [9.17, 15) is 17.6 Å². The largest absolute Gasteiger partial charge is 0.325 e. The van der Waals surface area contributed by atoms with Crippen LogP contribution in [0, 0.1) is 5.82 Å². The average molecular weight is 457 g/mol. The van der Waals surface area contributed by atoms with Crippen LogP contribution in [0.2, 0.25) is 0 Å². The minimum Gasteiger partial charge on any atom is -0.325 e. The van der Waals surface area contributed by atoms with Crippen LogP contribution in [0.1, 0.15) is 12.0 Å². The van der Waals surface area contributed by atoms with E-state index < -0.39 is 10.0 Å². The first-order valence-electron chi connectivity index (χ1n) is 9.82. The summed E-state index contributed by atoms with van der Waals surface area (Å²) in [5.74, 6) is -0.380. The van der Waals surface area contributed by atoms with Crippen LogP contribution < -0.4 is 9.62 Å². The molecule has 3 aromatic carbocycles. The Morgan fingerprint density at radius 1 is 1.03 bits per heavy atom. The third kappa shape index (κ3) is 4.91. The number of sulfonamides is 1. The molecule has 3 aromatic rings. The van der Waals surface area contributed by atoms with Crippen molar-refractivity contribution in [2.24, 2.45) is 0 Å². The number of rotatable bonds is 6. The Balaban J connectivity index is 1.51. The van der Waals surface area contributed by atoms with Crippen molar-refractivity contribution in [1.29, 1.82) is 0 Å². The molecule has 0 fully saturated rings. The normalized spacial score (nSPS) is 13.5. The number of hydrogen-bond acceptors (Lipinski definition) is 4. The Bertz CT molecular complexity index is 1180. The first kappa shape index (κ1) is 21.4. The Labute approximate surface area is 185 Å². The second kappa shape index (κ2) is 9.11. The zero-order chi connectivity index (χ0) is 21.8. The minimum atomic E-state index is -3.68. The quantitative estimate of drug-likeness (QED) is 0.546. The topological polar surface area (TPSA) is 66.5 Å². The molecule has 0 aliphatic carbocycles. The summed E-state index contributed by atoms with van der Waals surface area (Å²) < 4.78 is 40.8. The Morgan fingerprint density at radius 2 is 1.77 bits per heavy atom. The molecule has 8 heteroatoms. The zero-order valence-electron chi connectivity index (χ0n) is 16.6. The maximum Gasteiger partial charge on any atom is 0.264 e. The molecule has 0 spiro atoms.